The summed E-state index contributed by atoms with van der Waals surface area (Å²) in [6.45, 7) is 2.04. The van der Waals surface area contributed by atoms with E-state index in [0.29, 0.717) is 18.4 Å². The molecule has 0 aromatic heterocycles. The van der Waals surface area contributed by atoms with Crippen LogP contribution >= 0.6 is 0 Å². The van der Waals surface area contributed by atoms with Crippen molar-refractivity contribution in [3.05, 3.63) is 103 Å². The smallest absolute Gasteiger partial charge is 0.336 e. The second-order valence-corrected chi connectivity index (χ2v) is 8.68. The van der Waals surface area contributed by atoms with Crippen LogP contribution in [-0.4, -0.2) is 32.7 Å². The molecule has 0 aliphatic carbocycles. The van der Waals surface area contributed by atoms with Crippen LogP contribution in [-0.2, 0) is 6.42 Å². The number of carbonyl (C=O) groups is 3. The fourth-order valence-corrected chi connectivity index (χ4v) is 3.91. The van der Waals surface area contributed by atoms with E-state index in [-0.39, 0.29) is 39.4 Å². The molecule has 3 aromatic carbocycles. The van der Waals surface area contributed by atoms with Gasteiger partial charge in [-0.1, -0.05) is 26.2 Å². The van der Waals surface area contributed by atoms with E-state index in [0.717, 1.165) is 19.3 Å². The molecular weight excluding hydrogens is 508 g/mol. The second kappa shape index (κ2) is 12.9. The Morgan fingerprint density at radius 2 is 1.28 bits per heavy atom. The minimum Gasteiger partial charge on any atom is -0.478 e. The normalized spacial score (nSPS) is 10.5. The fraction of sp³-hybridized carbons (Fsp3) is 0.222. The third-order valence-corrected chi connectivity index (χ3v) is 5.95. The predicted octanol–water partition coefficient (Wildman–Crippen LogP) is 5.83. The van der Waals surface area contributed by atoms with Crippen molar-refractivity contribution < 1.29 is 29.3 Å². The van der Waals surface area contributed by atoms with Gasteiger partial charge in [0.1, 0.15) is 0 Å². The van der Waals surface area contributed by atoms with Crippen LogP contribution in [0.3, 0.4) is 0 Å². The number of carbonyl (C=O) groups excluding carboxylic acids is 2. The van der Waals surface area contributed by atoms with E-state index >= 15 is 0 Å². The van der Waals surface area contributed by atoms with E-state index in [1.54, 1.807) is 0 Å². The van der Waals surface area contributed by atoms with Gasteiger partial charge in [0.2, 0.25) is 0 Å². The number of carboxylic acids is 1. The summed E-state index contributed by atoms with van der Waals surface area (Å²) in [5.74, 6) is -2.50. The van der Waals surface area contributed by atoms with E-state index in [9.17, 15) is 39.7 Å². The maximum Gasteiger partial charge on any atom is 0.336 e. The number of carboxylic acid groups (broad SMARTS) is 1. The van der Waals surface area contributed by atoms with Crippen LogP contribution in [0.2, 0.25) is 0 Å². The highest BCUT2D eigenvalue weighted by atomic mass is 16.6. The number of nitrogens with one attached hydrogen (secondary N) is 2. The molecule has 0 atom stereocenters. The zero-order chi connectivity index (χ0) is 28.5. The monoisotopic (exact) mass is 534 g/mol. The molecule has 12 nitrogen and oxygen atoms in total. The Morgan fingerprint density at radius 3 is 1.74 bits per heavy atom. The van der Waals surface area contributed by atoms with Crippen LogP contribution < -0.4 is 10.6 Å². The lowest BCUT2D eigenvalue weighted by atomic mass is 9.97. The number of nitro benzene ring substituents is 2. The largest absolute Gasteiger partial charge is 0.478 e. The number of nitro groups is 2. The number of aromatic carboxylic acids is 1. The number of anilines is 2. The van der Waals surface area contributed by atoms with Gasteiger partial charge in [0, 0.05) is 46.8 Å². The van der Waals surface area contributed by atoms with Gasteiger partial charge in [0.15, 0.2) is 0 Å². The molecule has 3 aromatic rings. The lowest BCUT2D eigenvalue weighted by Crippen LogP contribution is -2.17. The number of hydrogen-bond donors (Lipinski definition) is 3. The van der Waals surface area contributed by atoms with Crippen molar-refractivity contribution in [2.24, 2.45) is 0 Å². The van der Waals surface area contributed by atoms with Crippen LogP contribution in [0.5, 0.6) is 0 Å². The van der Waals surface area contributed by atoms with E-state index < -0.39 is 27.6 Å². The standard InChI is InChI=1S/C27H26N4O8/c1-2-3-4-5-6-22-23(27(34)35)15-19(28-25(32)17-7-11-20(12-8-17)30(36)37)16-24(22)29-26(33)18-9-13-21(14-10-18)31(38)39/h7-16H,2-6H2,1H3,(H,28,32)(H,29,33)(H,34,35). The first-order valence-electron chi connectivity index (χ1n) is 12.1. The van der Waals surface area contributed by atoms with Gasteiger partial charge < -0.3 is 15.7 Å². The Hall–Kier alpha value is -5.13. The Labute approximate surface area is 223 Å². The minimum atomic E-state index is -1.25. The van der Waals surface area contributed by atoms with Crippen LogP contribution in [0, 0.1) is 20.2 Å². The first-order valence-corrected chi connectivity index (χ1v) is 12.1. The van der Waals surface area contributed by atoms with Crippen LogP contribution in [0.4, 0.5) is 22.7 Å². The van der Waals surface area contributed by atoms with E-state index in [2.05, 4.69) is 10.6 Å². The first kappa shape index (κ1) is 28.4. The zero-order valence-electron chi connectivity index (χ0n) is 21.0. The number of amides is 2. The molecule has 0 spiro atoms. The van der Waals surface area contributed by atoms with Crippen molar-refractivity contribution in [1.29, 1.82) is 0 Å². The SMILES string of the molecule is CCCCCCc1c(NC(=O)c2ccc([N+](=O)[O-])cc2)cc(NC(=O)c2ccc([N+](=O)[O-])cc2)cc1C(=O)O. The Kier molecular flexibility index (Phi) is 9.41. The Balaban J connectivity index is 1.96. The Morgan fingerprint density at radius 1 is 0.769 bits per heavy atom. The molecule has 3 rings (SSSR count). The quantitative estimate of drug-likeness (QED) is 0.147. The van der Waals surface area contributed by atoms with Crippen molar-refractivity contribution in [2.45, 2.75) is 39.0 Å². The van der Waals surface area contributed by atoms with Crippen LogP contribution in [0.15, 0.2) is 60.7 Å². The molecule has 0 saturated heterocycles. The van der Waals surface area contributed by atoms with Crippen molar-refractivity contribution in [1.82, 2.24) is 0 Å². The Bertz CT molecular complexity index is 1400. The molecule has 3 N–H and O–H groups in total. The van der Waals surface area contributed by atoms with Gasteiger partial charge in [-0.15, -0.1) is 0 Å². The summed E-state index contributed by atoms with van der Waals surface area (Å²) in [5, 5.41) is 37.0. The highest BCUT2D eigenvalue weighted by Crippen LogP contribution is 2.29. The molecule has 0 saturated carbocycles. The predicted molar refractivity (Wildman–Crippen MR) is 143 cm³/mol. The minimum absolute atomic E-state index is 0.0899. The molecule has 202 valence electrons. The molecular formula is C27H26N4O8. The van der Waals surface area contributed by atoms with Gasteiger partial charge in [-0.25, -0.2) is 4.79 Å². The van der Waals surface area contributed by atoms with Crippen LogP contribution in [0.1, 0.15) is 69.2 Å². The third-order valence-electron chi connectivity index (χ3n) is 5.95. The highest BCUT2D eigenvalue weighted by molar-refractivity contribution is 6.08. The molecule has 0 fully saturated rings. The fourth-order valence-electron chi connectivity index (χ4n) is 3.91. The van der Waals surface area contributed by atoms with Crippen LogP contribution in [0.25, 0.3) is 0 Å². The molecule has 12 heteroatoms. The second-order valence-electron chi connectivity index (χ2n) is 8.68. The molecule has 2 amide bonds. The maximum absolute atomic E-state index is 13.0. The average molecular weight is 535 g/mol. The summed E-state index contributed by atoms with van der Waals surface area (Å²) in [6.07, 6.45) is 3.81. The van der Waals surface area contributed by atoms with E-state index in [1.165, 1.54) is 60.7 Å². The molecule has 0 aliphatic heterocycles. The summed E-state index contributed by atoms with van der Waals surface area (Å²) < 4.78 is 0. The molecule has 0 aliphatic rings. The van der Waals surface area contributed by atoms with Gasteiger partial charge in [0.05, 0.1) is 15.4 Å². The number of nitrogens with zero attached hydrogens (tertiary/aromatic N) is 2. The molecule has 0 bridgehead atoms. The number of non-ortho nitro benzene ring substituents is 2. The molecule has 0 radical (unpaired) electrons. The number of unbranched alkanes of at least 4 members (excludes halogenated alkanes) is 3. The summed E-state index contributed by atoms with van der Waals surface area (Å²) in [7, 11) is 0. The highest BCUT2D eigenvalue weighted by Gasteiger charge is 2.20. The first-order chi connectivity index (χ1) is 18.6. The number of rotatable bonds is 12. The van der Waals surface area contributed by atoms with Crippen molar-refractivity contribution in [3.63, 3.8) is 0 Å². The zero-order valence-corrected chi connectivity index (χ0v) is 21.0. The van der Waals surface area contributed by atoms with Crippen molar-refractivity contribution >= 4 is 40.5 Å². The average Bonchev–Trinajstić information content (AvgIpc) is 2.91. The van der Waals surface area contributed by atoms with Gasteiger partial charge in [-0.2, -0.15) is 0 Å². The number of benzene rings is 3. The maximum atomic E-state index is 13.0. The van der Waals surface area contributed by atoms with Gasteiger partial charge in [-0.05, 0) is 54.8 Å². The summed E-state index contributed by atoms with van der Waals surface area (Å²) in [6, 6.07) is 12.6. The number of hydrogen-bond acceptors (Lipinski definition) is 7. The van der Waals surface area contributed by atoms with Crippen molar-refractivity contribution in [3.8, 4) is 0 Å². The van der Waals surface area contributed by atoms with Gasteiger partial charge >= 0.3 is 5.97 Å². The third kappa shape index (κ3) is 7.44. The lowest BCUT2D eigenvalue weighted by Gasteiger charge is -2.17. The van der Waals surface area contributed by atoms with E-state index in [4.69, 9.17) is 0 Å². The van der Waals surface area contributed by atoms with Gasteiger partial charge in [0.25, 0.3) is 23.2 Å². The topological polar surface area (TPSA) is 182 Å². The lowest BCUT2D eigenvalue weighted by molar-refractivity contribution is -0.385. The molecule has 0 unspecified atom stereocenters. The molecule has 0 heterocycles. The summed E-state index contributed by atoms with van der Waals surface area (Å²) in [5.41, 5.74) is 0.387. The summed E-state index contributed by atoms with van der Waals surface area (Å²) >= 11 is 0. The molecule has 39 heavy (non-hydrogen) atoms. The van der Waals surface area contributed by atoms with E-state index in [1.807, 2.05) is 6.92 Å². The van der Waals surface area contributed by atoms with Gasteiger partial charge in [-0.3, -0.25) is 29.8 Å². The van der Waals surface area contributed by atoms with Crippen molar-refractivity contribution in [2.75, 3.05) is 10.6 Å². The summed E-state index contributed by atoms with van der Waals surface area (Å²) in [4.78, 5) is 58.5.